The molecule has 2 atom stereocenters. The molecule has 2 unspecified atom stereocenters. The predicted octanol–water partition coefficient (Wildman–Crippen LogP) is 2.50. The topological polar surface area (TPSA) is 28.2 Å². The van der Waals surface area contributed by atoms with Crippen molar-refractivity contribution < 1.29 is 0 Å². The summed E-state index contributed by atoms with van der Waals surface area (Å²) in [4.78, 5) is 7.24. The number of nitrogens with one attached hydrogen (secondary N) is 1. The Kier molecular flexibility index (Phi) is 2.94. The molecule has 3 aliphatic rings. The Bertz CT molecular complexity index is 438. The van der Waals surface area contributed by atoms with Crippen molar-refractivity contribution in [3.63, 3.8) is 0 Å². The van der Waals surface area contributed by atoms with Crippen molar-refractivity contribution >= 4 is 11.3 Å². The lowest BCUT2D eigenvalue weighted by Gasteiger charge is -2.48. The molecular weight excluding hydrogens is 254 g/mol. The van der Waals surface area contributed by atoms with Crippen molar-refractivity contribution in [3.05, 3.63) is 16.6 Å². The standard InChI is InChI=1S/C15H23N3S/c1-15(12-4-5-12)10-17-13(11-2-3-11)8-18(15)9-14-16-6-7-19-14/h6-7,11-13,17H,2-5,8-10H2,1H3. The third-order valence-corrected chi connectivity index (χ3v) is 6.08. The van der Waals surface area contributed by atoms with Gasteiger partial charge in [0.25, 0.3) is 0 Å². The second-order valence-electron chi connectivity index (χ2n) is 6.76. The van der Waals surface area contributed by atoms with Gasteiger partial charge in [-0.1, -0.05) is 0 Å². The molecule has 4 rings (SSSR count). The number of nitrogens with zero attached hydrogens (tertiary/aromatic N) is 2. The van der Waals surface area contributed by atoms with Crippen LogP contribution in [0.5, 0.6) is 0 Å². The summed E-state index contributed by atoms with van der Waals surface area (Å²) in [6, 6.07) is 0.729. The fourth-order valence-electron chi connectivity index (χ4n) is 3.62. The molecule has 3 fully saturated rings. The maximum absolute atomic E-state index is 4.50. The molecule has 2 saturated carbocycles. The van der Waals surface area contributed by atoms with Crippen LogP contribution in [0.4, 0.5) is 0 Å². The minimum atomic E-state index is 0.358. The molecular formula is C15H23N3S. The number of hydrogen-bond donors (Lipinski definition) is 1. The molecule has 2 aliphatic carbocycles. The number of thiazole rings is 1. The maximum Gasteiger partial charge on any atom is 0.107 e. The molecule has 1 saturated heterocycles. The van der Waals surface area contributed by atoms with Crippen LogP contribution in [0.1, 0.15) is 37.6 Å². The molecule has 0 bridgehead atoms. The fourth-order valence-corrected chi connectivity index (χ4v) is 4.25. The van der Waals surface area contributed by atoms with Crippen molar-refractivity contribution in [1.82, 2.24) is 15.2 Å². The molecule has 0 amide bonds. The molecule has 2 heterocycles. The third-order valence-electron chi connectivity index (χ3n) is 5.32. The van der Waals surface area contributed by atoms with E-state index in [2.05, 4.69) is 27.5 Å². The van der Waals surface area contributed by atoms with Crippen molar-refractivity contribution in [2.75, 3.05) is 13.1 Å². The first-order valence-corrected chi connectivity index (χ1v) is 8.50. The van der Waals surface area contributed by atoms with Gasteiger partial charge in [-0.3, -0.25) is 4.90 Å². The first-order chi connectivity index (χ1) is 9.25. The van der Waals surface area contributed by atoms with Crippen LogP contribution in [0, 0.1) is 11.8 Å². The summed E-state index contributed by atoms with van der Waals surface area (Å²) in [5.74, 6) is 1.85. The van der Waals surface area contributed by atoms with Crippen LogP contribution in [-0.2, 0) is 6.54 Å². The van der Waals surface area contributed by atoms with E-state index in [1.807, 2.05) is 6.20 Å². The van der Waals surface area contributed by atoms with Crippen LogP contribution in [0.15, 0.2) is 11.6 Å². The summed E-state index contributed by atoms with van der Waals surface area (Å²) in [6.45, 7) is 5.91. The van der Waals surface area contributed by atoms with Crippen molar-refractivity contribution in [3.8, 4) is 0 Å². The molecule has 104 valence electrons. The Labute approximate surface area is 119 Å². The molecule has 1 N–H and O–H groups in total. The Hall–Kier alpha value is -0.450. The lowest BCUT2D eigenvalue weighted by atomic mass is 9.88. The summed E-state index contributed by atoms with van der Waals surface area (Å²) in [6.07, 6.45) is 7.64. The molecule has 3 nitrogen and oxygen atoms in total. The van der Waals surface area contributed by atoms with E-state index in [0.717, 1.165) is 24.4 Å². The molecule has 0 radical (unpaired) electrons. The summed E-state index contributed by atoms with van der Waals surface area (Å²) in [5.41, 5.74) is 0.358. The molecule has 1 aromatic rings. The van der Waals surface area contributed by atoms with E-state index in [4.69, 9.17) is 0 Å². The quantitative estimate of drug-likeness (QED) is 0.916. The summed E-state index contributed by atoms with van der Waals surface area (Å²) in [5, 5.41) is 7.23. The van der Waals surface area contributed by atoms with Crippen LogP contribution < -0.4 is 5.32 Å². The number of aromatic nitrogens is 1. The lowest BCUT2D eigenvalue weighted by molar-refractivity contribution is 0.0234. The van der Waals surface area contributed by atoms with Crippen LogP contribution in [-0.4, -0.2) is 34.6 Å². The predicted molar refractivity (Wildman–Crippen MR) is 78.2 cm³/mol. The average Bonchev–Trinajstić information content (AvgIpc) is 3.31. The van der Waals surface area contributed by atoms with Crippen molar-refractivity contribution in [2.24, 2.45) is 11.8 Å². The van der Waals surface area contributed by atoms with Gasteiger partial charge in [0, 0.05) is 36.2 Å². The van der Waals surface area contributed by atoms with Crippen LogP contribution in [0.25, 0.3) is 0 Å². The van der Waals surface area contributed by atoms with Gasteiger partial charge in [-0.05, 0) is 44.4 Å². The molecule has 1 aromatic heterocycles. The zero-order chi connectivity index (χ0) is 12.9. The Morgan fingerprint density at radius 3 is 2.89 bits per heavy atom. The largest absolute Gasteiger partial charge is 0.311 e. The van der Waals surface area contributed by atoms with Gasteiger partial charge in [0.1, 0.15) is 5.01 Å². The van der Waals surface area contributed by atoms with Crippen LogP contribution in [0.3, 0.4) is 0 Å². The average molecular weight is 277 g/mol. The zero-order valence-electron chi connectivity index (χ0n) is 11.6. The summed E-state index contributed by atoms with van der Waals surface area (Å²) < 4.78 is 0. The lowest BCUT2D eigenvalue weighted by Crippen LogP contribution is -2.64. The van der Waals surface area contributed by atoms with E-state index in [1.54, 1.807) is 11.3 Å². The van der Waals surface area contributed by atoms with Gasteiger partial charge in [-0.15, -0.1) is 11.3 Å². The summed E-state index contributed by atoms with van der Waals surface area (Å²) >= 11 is 1.80. The monoisotopic (exact) mass is 277 g/mol. The van der Waals surface area contributed by atoms with Gasteiger partial charge >= 0.3 is 0 Å². The molecule has 19 heavy (non-hydrogen) atoms. The number of rotatable bonds is 4. The highest BCUT2D eigenvalue weighted by Crippen LogP contribution is 2.46. The van der Waals surface area contributed by atoms with Gasteiger partial charge in [0.05, 0.1) is 6.54 Å². The molecule has 4 heteroatoms. The highest BCUT2D eigenvalue weighted by Gasteiger charge is 2.50. The van der Waals surface area contributed by atoms with Crippen LogP contribution in [0.2, 0.25) is 0 Å². The van der Waals surface area contributed by atoms with Gasteiger partial charge < -0.3 is 5.32 Å². The molecule has 0 spiro atoms. The Morgan fingerprint density at radius 1 is 1.42 bits per heavy atom. The van der Waals surface area contributed by atoms with E-state index in [1.165, 1.54) is 43.8 Å². The van der Waals surface area contributed by atoms with Gasteiger partial charge in [0.2, 0.25) is 0 Å². The van der Waals surface area contributed by atoms with Gasteiger partial charge in [-0.2, -0.15) is 0 Å². The molecule has 0 aromatic carbocycles. The highest BCUT2D eigenvalue weighted by atomic mass is 32.1. The maximum atomic E-state index is 4.50. The smallest absolute Gasteiger partial charge is 0.107 e. The van der Waals surface area contributed by atoms with Gasteiger partial charge in [-0.25, -0.2) is 4.98 Å². The minimum Gasteiger partial charge on any atom is -0.311 e. The summed E-state index contributed by atoms with van der Waals surface area (Å²) in [7, 11) is 0. The number of hydrogen-bond acceptors (Lipinski definition) is 4. The third kappa shape index (κ3) is 2.34. The minimum absolute atomic E-state index is 0.358. The first kappa shape index (κ1) is 12.3. The first-order valence-electron chi connectivity index (χ1n) is 7.62. The normalized spacial score (nSPS) is 36.6. The fraction of sp³-hybridized carbons (Fsp3) is 0.800. The second kappa shape index (κ2) is 4.54. The Balaban J connectivity index is 1.53. The van der Waals surface area contributed by atoms with E-state index >= 15 is 0 Å². The van der Waals surface area contributed by atoms with Crippen LogP contribution >= 0.6 is 11.3 Å². The SMILES string of the molecule is CC1(C2CC2)CNC(C2CC2)CN1Cc1nccs1. The molecule has 1 aliphatic heterocycles. The number of piperazine rings is 1. The van der Waals surface area contributed by atoms with E-state index in [0.29, 0.717) is 5.54 Å². The van der Waals surface area contributed by atoms with Gasteiger partial charge in [0.15, 0.2) is 0 Å². The van der Waals surface area contributed by atoms with Crippen molar-refractivity contribution in [2.45, 2.75) is 50.7 Å². The Morgan fingerprint density at radius 2 is 2.26 bits per heavy atom. The van der Waals surface area contributed by atoms with E-state index in [9.17, 15) is 0 Å². The highest BCUT2D eigenvalue weighted by molar-refractivity contribution is 7.09. The van der Waals surface area contributed by atoms with E-state index < -0.39 is 0 Å². The zero-order valence-corrected chi connectivity index (χ0v) is 12.5. The second-order valence-corrected chi connectivity index (χ2v) is 7.74. The van der Waals surface area contributed by atoms with E-state index in [-0.39, 0.29) is 0 Å². The van der Waals surface area contributed by atoms with Crippen molar-refractivity contribution in [1.29, 1.82) is 0 Å².